The summed E-state index contributed by atoms with van der Waals surface area (Å²) in [5.41, 5.74) is 2.27. The molecule has 0 atom stereocenters. The van der Waals surface area contributed by atoms with Gasteiger partial charge in [0.2, 0.25) is 5.88 Å². The van der Waals surface area contributed by atoms with Crippen LogP contribution in [0.1, 0.15) is 25.1 Å². The Kier molecular flexibility index (Phi) is 4.56. The summed E-state index contributed by atoms with van der Waals surface area (Å²) in [7, 11) is 1.64. The third-order valence-corrected chi connectivity index (χ3v) is 2.25. The molecule has 3 nitrogen and oxygen atoms in total. The molecule has 0 unspecified atom stereocenters. The maximum atomic E-state index is 5.06. The zero-order valence-electron chi connectivity index (χ0n) is 10.0. The van der Waals surface area contributed by atoms with Crippen molar-refractivity contribution in [1.82, 2.24) is 10.3 Å². The highest BCUT2D eigenvalue weighted by atomic mass is 16.5. The minimum atomic E-state index is 0.677. The second-order valence-electron chi connectivity index (χ2n) is 4.12. The van der Waals surface area contributed by atoms with Crippen LogP contribution < -0.4 is 10.1 Å². The molecule has 0 aliphatic carbocycles. The number of rotatable bonds is 5. The van der Waals surface area contributed by atoms with E-state index in [4.69, 9.17) is 4.74 Å². The van der Waals surface area contributed by atoms with Gasteiger partial charge in [-0.25, -0.2) is 4.98 Å². The predicted molar refractivity (Wildman–Crippen MR) is 62.1 cm³/mol. The lowest BCUT2D eigenvalue weighted by Gasteiger charge is -2.10. The van der Waals surface area contributed by atoms with E-state index in [2.05, 4.69) is 30.2 Å². The van der Waals surface area contributed by atoms with Crippen molar-refractivity contribution in [2.45, 2.75) is 27.3 Å². The summed E-state index contributed by atoms with van der Waals surface area (Å²) in [6, 6.07) is 3.97. The standard InChI is InChI=1S/C12H20N2O/c1-9(2)7-13-8-11-5-6-12(15-4)14-10(11)3/h5-6,9,13H,7-8H2,1-4H3. The molecule has 0 fully saturated rings. The van der Waals surface area contributed by atoms with Crippen LogP contribution in [0.15, 0.2) is 12.1 Å². The van der Waals surface area contributed by atoms with Crippen LogP contribution in [-0.4, -0.2) is 18.6 Å². The molecule has 1 N–H and O–H groups in total. The van der Waals surface area contributed by atoms with Gasteiger partial charge < -0.3 is 10.1 Å². The highest BCUT2D eigenvalue weighted by molar-refractivity contribution is 5.24. The second kappa shape index (κ2) is 5.71. The Labute approximate surface area is 91.9 Å². The van der Waals surface area contributed by atoms with Crippen molar-refractivity contribution in [2.24, 2.45) is 5.92 Å². The van der Waals surface area contributed by atoms with E-state index >= 15 is 0 Å². The number of methoxy groups -OCH3 is 1. The third-order valence-electron chi connectivity index (χ3n) is 2.25. The molecule has 1 heterocycles. The fourth-order valence-corrected chi connectivity index (χ4v) is 1.36. The van der Waals surface area contributed by atoms with Crippen LogP contribution in [0.5, 0.6) is 5.88 Å². The van der Waals surface area contributed by atoms with Gasteiger partial charge in [0.05, 0.1) is 7.11 Å². The molecule has 1 rings (SSSR count). The highest BCUT2D eigenvalue weighted by Gasteiger charge is 2.01. The first kappa shape index (κ1) is 12.0. The SMILES string of the molecule is COc1ccc(CNCC(C)C)c(C)n1. The molecule has 0 bridgehead atoms. The number of aryl methyl sites for hydroxylation is 1. The minimum absolute atomic E-state index is 0.677. The first-order valence-electron chi connectivity index (χ1n) is 5.34. The Morgan fingerprint density at radius 3 is 2.67 bits per heavy atom. The molecule has 0 saturated heterocycles. The van der Waals surface area contributed by atoms with E-state index in [0.717, 1.165) is 18.8 Å². The number of pyridine rings is 1. The van der Waals surface area contributed by atoms with E-state index in [1.165, 1.54) is 5.56 Å². The van der Waals surface area contributed by atoms with E-state index in [-0.39, 0.29) is 0 Å². The quantitative estimate of drug-likeness (QED) is 0.805. The Hall–Kier alpha value is -1.09. The maximum absolute atomic E-state index is 5.06. The lowest BCUT2D eigenvalue weighted by Crippen LogP contribution is -2.19. The van der Waals surface area contributed by atoms with Crippen LogP contribution in [0.3, 0.4) is 0 Å². The van der Waals surface area contributed by atoms with Crippen LogP contribution in [0.2, 0.25) is 0 Å². The fourth-order valence-electron chi connectivity index (χ4n) is 1.36. The number of ether oxygens (including phenoxy) is 1. The molecule has 1 aromatic rings. The zero-order chi connectivity index (χ0) is 11.3. The Bertz CT molecular complexity index is 310. The van der Waals surface area contributed by atoms with Crippen molar-refractivity contribution in [1.29, 1.82) is 0 Å². The molecular weight excluding hydrogens is 188 g/mol. The third kappa shape index (κ3) is 3.88. The summed E-state index contributed by atoms with van der Waals surface area (Å²) >= 11 is 0. The molecule has 15 heavy (non-hydrogen) atoms. The van der Waals surface area contributed by atoms with E-state index in [1.54, 1.807) is 7.11 Å². The first-order valence-corrected chi connectivity index (χ1v) is 5.34. The van der Waals surface area contributed by atoms with Crippen LogP contribution in [0.4, 0.5) is 0 Å². The van der Waals surface area contributed by atoms with Crippen LogP contribution in [0.25, 0.3) is 0 Å². The molecule has 0 amide bonds. The second-order valence-corrected chi connectivity index (χ2v) is 4.12. The topological polar surface area (TPSA) is 34.1 Å². The summed E-state index contributed by atoms with van der Waals surface area (Å²) in [4.78, 5) is 4.33. The smallest absolute Gasteiger partial charge is 0.213 e. The average Bonchev–Trinajstić information content (AvgIpc) is 2.20. The van der Waals surface area contributed by atoms with Gasteiger partial charge in [0.15, 0.2) is 0 Å². The predicted octanol–water partition coefficient (Wildman–Crippen LogP) is 2.14. The van der Waals surface area contributed by atoms with Crippen molar-refractivity contribution in [3.8, 4) is 5.88 Å². The fraction of sp³-hybridized carbons (Fsp3) is 0.583. The average molecular weight is 208 g/mol. The van der Waals surface area contributed by atoms with E-state index in [1.807, 2.05) is 13.0 Å². The van der Waals surface area contributed by atoms with E-state index in [0.29, 0.717) is 11.8 Å². The molecule has 0 radical (unpaired) electrons. The number of nitrogens with one attached hydrogen (secondary N) is 1. The summed E-state index contributed by atoms with van der Waals surface area (Å²) in [6.45, 7) is 8.32. The minimum Gasteiger partial charge on any atom is -0.481 e. The zero-order valence-corrected chi connectivity index (χ0v) is 10.0. The first-order chi connectivity index (χ1) is 7.13. The lowest BCUT2D eigenvalue weighted by molar-refractivity contribution is 0.396. The van der Waals surface area contributed by atoms with Gasteiger partial charge in [0, 0.05) is 18.3 Å². The Morgan fingerprint density at radius 2 is 2.13 bits per heavy atom. The molecule has 0 aromatic carbocycles. The number of aromatic nitrogens is 1. The summed E-state index contributed by atoms with van der Waals surface area (Å²) in [6.07, 6.45) is 0. The highest BCUT2D eigenvalue weighted by Crippen LogP contribution is 2.11. The van der Waals surface area contributed by atoms with Gasteiger partial charge in [0.25, 0.3) is 0 Å². The number of nitrogens with zero attached hydrogens (tertiary/aromatic N) is 1. The van der Waals surface area contributed by atoms with Crippen molar-refractivity contribution in [3.63, 3.8) is 0 Å². The van der Waals surface area contributed by atoms with Crippen LogP contribution in [0, 0.1) is 12.8 Å². The van der Waals surface area contributed by atoms with Gasteiger partial charge in [-0.2, -0.15) is 0 Å². The van der Waals surface area contributed by atoms with Gasteiger partial charge in [-0.1, -0.05) is 19.9 Å². The molecule has 0 aliphatic heterocycles. The summed E-state index contributed by atoms with van der Waals surface area (Å²) < 4.78 is 5.06. The molecular formula is C12H20N2O. The summed E-state index contributed by atoms with van der Waals surface area (Å²) in [5.74, 6) is 1.36. The van der Waals surface area contributed by atoms with Crippen molar-refractivity contribution in [3.05, 3.63) is 23.4 Å². The van der Waals surface area contributed by atoms with Crippen LogP contribution in [-0.2, 0) is 6.54 Å². The van der Waals surface area contributed by atoms with Gasteiger partial charge in [-0.05, 0) is 24.9 Å². The molecule has 1 aromatic heterocycles. The van der Waals surface area contributed by atoms with Crippen molar-refractivity contribution < 1.29 is 4.74 Å². The van der Waals surface area contributed by atoms with E-state index in [9.17, 15) is 0 Å². The van der Waals surface area contributed by atoms with Crippen LogP contribution >= 0.6 is 0 Å². The maximum Gasteiger partial charge on any atom is 0.213 e. The van der Waals surface area contributed by atoms with Gasteiger partial charge >= 0.3 is 0 Å². The monoisotopic (exact) mass is 208 g/mol. The van der Waals surface area contributed by atoms with Crippen molar-refractivity contribution >= 4 is 0 Å². The summed E-state index contributed by atoms with van der Waals surface area (Å²) in [5, 5.41) is 3.40. The molecule has 0 aliphatic rings. The van der Waals surface area contributed by atoms with E-state index < -0.39 is 0 Å². The largest absolute Gasteiger partial charge is 0.481 e. The van der Waals surface area contributed by atoms with Gasteiger partial charge in [-0.15, -0.1) is 0 Å². The molecule has 0 saturated carbocycles. The molecule has 84 valence electrons. The Morgan fingerprint density at radius 1 is 1.40 bits per heavy atom. The number of hydrogen-bond donors (Lipinski definition) is 1. The molecule has 0 spiro atoms. The van der Waals surface area contributed by atoms with Crippen molar-refractivity contribution in [2.75, 3.05) is 13.7 Å². The van der Waals surface area contributed by atoms with Gasteiger partial charge in [0.1, 0.15) is 0 Å². The Balaban J connectivity index is 2.54. The molecule has 3 heteroatoms. The normalized spacial score (nSPS) is 10.7. The van der Waals surface area contributed by atoms with Gasteiger partial charge in [-0.3, -0.25) is 0 Å². The lowest BCUT2D eigenvalue weighted by atomic mass is 10.2. The number of hydrogen-bond acceptors (Lipinski definition) is 3.